The first-order valence-electron chi connectivity index (χ1n) is 10.3. The van der Waals surface area contributed by atoms with Crippen molar-refractivity contribution < 1.29 is 0 Å². The zero-order chi connectivity index (χ0) is 21.2. The third-order valence-corrected chi connectivity index (χ3v) is 5.69. The highest BCUT2D eigenvalue weighted by atomic mass is 15.3. The van der Waals surface area contributed by atoms with Gasteiger partial charge in [0.1, 0.15) is 0 Å². The van der Waals surface area contributed by atoms with Crippen LogP contribution >= 0.6 is 0 Å². The van der Waals surface area contributed by atoms with Gasteiger partial charge in [-0.1, -0.05) is 31.7 Å². The van der Waals surface area contributed by atoms with Gasteiger partial charge in [0.25, 0.3) is 0 Å². The molecule has 2 unspecified atom stereocenters. The van der Waals surface area contributed by atoms with Crippen molar-refractivity contribution in [2.24, 2.45) is 44.0 Å². The fraction of sp³-hybridized carbons (Fsp3) is 0.571. The van der Waals surface area contributed by atoms with Crippen molar-refractivity contribution in [3.8, 4) is 0 Å². The lowest BCUT2D eigenvalue weighted by atomic mass is 9.81. The number of aliphatic imine (C=N–C) groups is 3. The van der Waals surface area contributed by atoms with Gasteiger partial charge in [0.2, 0.25) is 5.96 Å². The second-order valence-electron chi connectivity index (χ2n) is 7.69. The summed E-state index contributed by atoms with van der Waals surface area (Å²) in [5.41, 5.74) is 20.2. The van der Waals surface area contributed by atoms with E-state index in [2.05, 4.69) is 33.5 Å². The molecule has 1 saturated carbocycles. The first-order chi connectivity index (χ1) is 14.0. The summed E-state index contributed by atoms with van der Waals surface area (Å²) in [6.45, 7) is 10.7. The van der Waals surface area contributed by atoms with Crippen molar-refractivity contribution in [2.45, 2.75) is 32.1 Å². The highest BCUT2D eigenvalue weighted by Gasteiger charge is 2.22. The van der Waals surface area contributed by atoms with Gasteiger partial charge in [0.05, 0.1) is 0 Å². The van der Waals surface area contributed by atoms with Gasteiger partial charge in [-0.3, -0.25) is 9.98 Å². The Morgan fingerprint density at radius 2 is 1.90 bits per heavy atom. The molecule has 0 spiro atoms. The van der Waals surface area contributed by atoms with E-state index in [0.29, 0.717) is 36.8 Å². The lowest BCUT2D eigenvalue weighted by molar-refractivity contribution is 0.272. The van der Waals surface area contributed by atoms with E-state index in [1.165, 1.54) is 18.4 Å². The third kappa shape index (κ3) is 6.96. The first kappa shape index (κ1) is 22.5. The summed E-state index contributed by atoms with van der Waals surface area (Å²) in [5.74, 6) is 2.21. The van der Waals surface area contributed by atoms with Gasteiger partial charge in [0.15, 0.2) is 11.9 Å². The number of nitrogens with two attached hydrogens (primary N) is 3. The van der Waals surface area contributed by atoms with Crippen LogP contribution in [0.4, 0.5) is 0 Å². The van der Waals surface area contributed by atoms with Gasteiger partial charge >= 0.3 is 0 Å². The van der Waals surface area contributed by atoms with Crippen LogP contribution in [0.5, 0.6) is 0 Å². The van der Waals surface area contributed by atoms with Crippen LogP contribution in [0.25, 0.3) is 0 Å². The summed E-state index contributed by atoms with van der Waals surface area (Å²) in [7, 11) is 1.69. The number of hydrogen-bond donors (Lipinski definition) is 4. The molecular weight excluding hydrogens is 364 g/mol. The van der Waals surface area contributed by atoms with Gasteiger partial charge in [-0.25, -0.2) is 0 Å². The van der Waals surface area contributed by atoms with Crippen LogP contribution < -0.4 is 22.5 Å². The van der Waals surface area contributed by atoms with Crippen molar-refractivity contribution in [1.29, 1.82) is 0 Å². The normalized spacial score (nSPS) is 24.4. The highest BCUT2D eigenvalue weighted by Crippen LogP contribution is 2.28. The van der Waals surface area contributed by atoms with Crippen molar-refractivity contribution in [2.75, 3.05) is 33.2 Å². The summed E-state index contributed by atoms with van der Waals surface area (Å²) in [6, 6.07) is 0. The molecule has 29 heavy (non-hydrogen) atoms. The Balaban J connectivity index is 1.88. The topological polar surface area (TPSA) is 130 Å². The van der Waals surface area contributed by atoms with E-state index in [9.17, 15) is 0 Å². The molecule has 7 N–H and O–H groups in total. The number of nitrogens with zero attached hydrogens (tertiary/aromatic N) is 4. The molecule has 0 radical (unpaired) electrons. The van der Waals surface area contributed by atoms with Gasteiger partial charge in [0, 0.05) is 33.2 Å². The molecule has 1 fully saturated rings. The van der Waals surface area contributed by atoms with Gasteiger partial charge in [-0.15, -0.1) is 0 Å². The lowest BCUT2D eigenvalue weighted by Gasteiger charge is -2.29. The molecule has 8 heteroatoms. The van der Waals surface area contributed by atoms with Crippen LogP contribution in [0.1, 0.15) is 32.1 Å². The zero-order valence-electron chi connectivity index (χ0n) is 17.6. The SMILES string of the molecule is C=CC1=C(C=C)CN(/C(N)=N/C(N)=NCC2CCCC(CNC(N)=NC)C2)CC1. The van der Waals surface area contributed by atoms with E-state index in [-0.39, 0.29) is 5.96 Å². The van der Waals surface area contributed by atoms with E-state index in [0.717, 1.165) is 37.9 Å². The van der Waals surface area contributed by atoms with Gasteiger partial charge in [-0.2, -0.15) is 4.99 Å². The maximum atomic E-state index is 6.17. The highest BCUT2D eigenvalue weighted by molar-refractivity contribution is 5.93. The molecular formula is C21H36N8. The average molecular weight is 401 g/mol. The quantitative estimate of drug-likeness (QED) is 0.395. The summed E-state index contributed by atoms with van der Waals surface area (Å²) >= 11 is 0. The smallest absolute Gasteiger partial charge is 0.218 e. The number of guanidine groups is 3. The summed E-state index contributed by atoms with van der Waals surface area (Å²) in [4.78, 5) is 14.7. The molecule has 0 bridgehead atoms. The van der Waals surface area contributed by atoms with E-state index < -0.39 is 0 Å². The Hall–Kier alpha value is -2.77. The van der Waals surface area contributed by atoms with E-state index in [4.69, 9.17) is 17.2 Å². The molecule has 0 amide bonds. The molecule has 8 nitrogen and oxygen atoms in total. The summed E-state index contributed by atoms with van der Waals surface area (Å²) in [6.07, 6.45) is 9.25. The van der Waals surface area contributed by atoms with E-state index in [1.54, 1.807) is 7.05 Å². The standard InChI is InChI=1S/C21H36N8/c1-4-17-9-10-29(14-18(17)5-2)21(24)28-20(23)27-13-16-8-6-7-15(11-16)12-26-19(22)25-3/h4-5,15-16H,1-2,6-14H2,3H3,(H3,22,25,26)(H4,23,24,27,28). The Morgan fingerprint density at radius 3 is 2.59 bits per heavy atom. The fourth-order valence-corrected chi connectivity index (χ4v) is 3.95. The zero-order valence-corrected chi connectivity index (χ0v) is 17.6. The van der Waals surface area contributed by atoms with Crippen LogP contribution in [0, 0.1) is 11.8 Å². The summed E-state index contributed by atoms with van der Waals surface area (Å²) in [5, 5.41) is 3.17. The monoisotopic (exact) mass is 400 g/mol. The van der Waals surface area contributed by atoms with Crippen LogP contribution in [0.2, 0.25) is 0 Å². The molecule has 160 valence electrons. The van der Waals surface area contributed by atoms with Crippen molar-refractivity contribution in [1.82, 2.24) is 10.2 Å². The predicted molar refractivity (Wildman–Crippen MR) is 123 cm³/mol. The molecule has 2 atom stereocenters. The van der Waals surface area contributed by atoms with Crippen LogP contribution in [0.15, 0.2) is 51.4 Å². The number of hydrogen-bond acceptors (Lipinski definition) is 2. The molecule has 1 aliphatic carbocycles. The first-order valence-corrected chi connectivity index (χ1v) is 10.3. The maximum absolute atomic E-state index is 6.17. The van der Waals surface area contributed by atoms with Crippen molar-refractivity contribution in [3.05, 3.63) is 36.5 Å². The average Bonchev–Trinajstić information content (AvgIpc) is 2.75. The Morgan fingerprint density at radius 1 is 1.17 bits per heavy atom. The van der Waals surface area contributed by atoms with Crippen molar-refractivity contribution in [3.63, 3.8) is 0 Å². The molecule has 0 aromatic carbocycles. The van der Waals surface area contributed by atoms with Crippen LogP contribution in [-0.2, 0) is 0 Å². The molecule has 2 aliphatic rings. The minimum atomic E-state index is 0.240. The minimum absolute atomic E-state index is 0.240. The molecule has 0 aromatic heterocycles. The molecule has 0 saturated heterocycles. The Kier molecular flexibility index (Phi) is 8.76. The number of nitrogens with one attached hydrogen (secondary N) is 1. The van der Waals surface area contributed by atoms with E-state index in [1.807, 2.05) is 17.1 Å². The second kappa shape index (κ2) is 11.3. The predicted octanol–water partition coefficient (Wildman–Crippen LogP) is 1.33. The second-order valence-corrected chi connectivity index (χ2v) is 7.69. The molecule has 0 aromatic rings. The fourth-order valence-electron chi connectivity index (χ4n) is 3.95. The Labute approximate surface area is 174 Å². The van der Waals surface area contributed by atoms with Gasteiger partial charge in [-0.05, 0) is 48.7 Å². The van der Waals surface area contributed by atoms with Crippen molar-refractivity contribution >= 4 is 17.9 Å². The Bertz CT molecular complexity index is 703. The van der Waals surface area contributed by atoms with Crippen LogP contribution in [0.3, 0.4) is 0 Å². The van der Waals surface area contributed by atoms with Gasteiger partial charge < -0.3 is 27.4 Å². The van der Waals surface area contributed by atoms with E-state index >= 15 is 0 Å². The number of allylic oxidation sites excluding steroid dienone is 1. The minimum Gasteiger partial charge on any atom is -0.370 e. The number of rotatable bonds is 6. The molecule has 1 aliphatic heterocycles. The lowest BCUT2D eigenvalue weighted by Crippen LogP contribution is -2.42. The molecule has 2 rings (SSSR count). The largest absolute Gasteiger partial charge is 0.370 e. The third-order valence-electron chi connectivity index (χ3n) is 5.69. The van der Waals surface area contributed by atoms with Crippen LogP contribution in [-0.4, -0.2) is 56.0 Å². The molecule has 1 heterocycles. The summed E-state index contributed by atoms with van der Waals surface area (Å²) < 4.78 is 0. The maximum Gasteiger partial charge on any atom is 0.218 e.